The van der Waals surface area contributed by atoms with Crippen molar-refractivity contribution < 1.29 is 4.79 Å². The number of aromatic amines is 1. The number of hydrogen-bond donors (Lipinski definition) is 2. The number of hydrogen-bond acceptors (Lipinski definition) is 3. The zero-order chi connectivity index (χ0) is 17.9. The molecule has 2 amide bonds. The van der Waals surface area contributed by atoms with Crippen molar-refractivity contribution in [1.29, 1.82) is 0 Å². The minimum Gasteiger partial charge on any atom is -0.331 e. The highest BCUT2D eigenvalue weighted by molar-refractivity contribution is 5.77. The Kier molecular flexibility index (Phi) is 4.39. The van der Waals surface area contributed by atoms with E-state index >= 15 is 0 Å². The molecule has 0 aliphatic carbocycles. The number of carbonyl (C=O) groups excluding carboxylic acids is 1. The summed E-state index contributed by atoms with van der Waals surface area (Å²) in [5.41, 5.74) is 1.71. The molecule has 4 rings (SSSR count). The van der Waals surface area contributed by atoms with Crippen molar-refractivity contribution in [1.82, 2.24) is 20.2 Å². The van der Waals surface area contributed by atoms with Gasteiger partial charge in [0.2, 0.25) is 0 Å². The third-order valence-electron chi connectivity index (χ3n) is 4.82. The highest BCUT2D eigenvalue weighted by Crippen LogP contribution is 2.26. The molecule has 2 aromatic carbocycles. The number of nitrogens with one attached hydrogen (secondary N) is 2. The molecule has 1 atom stereocenters. The van der Waals surface area contributed by atoms with Crippen LogP contribution in [0.1, 0.15) is 23.7 Å². The summed E-state index contributed by atoms with van der Waals surface area (Å²) in [7, 11) is 0. The highest BCUT2D eigenvalue weighted by atomic mass is 16.2. The van der Waals surface area contributed by atoms with Crippen molar-refractivity contribution in [2.24, 2.45) is 0 Å². The number of H-pyrrole nitrogens is 1. The van der Waals surface area contributed by atoms with Crippen molar-refractivity contribution >= 4 is 16.9 Å². The molecule has 0 radical (unpaired) electrons. The molecule has 0 spiro atoms. The smallest absolute Gasteiger partial charge is 0.317 e. The summed E-state index contributed by atoms with van der Waals surface area (Å²) in [6, 6.07) is 17.3. The Morgan fingerprint density at radius 1 is 1.15 bits per heavy atom. The zero-order valence-corrected chi connectivity index (χ0v) is 14.3. The van der Waals surface area contributed by atoms with E-state index in [-0.39, 0.29) is 18.1 Å². The van der Waals surface area contributed by atoms with E-state index in [0.717, 1.165) is 13.0 Å². The van der Waals surface area contributed by atoms with Crippen LogP contribution in [-0.4, -0.2) is 34.0 Å². The molecule has 1 saturated heterocycles. The quantitative estimate of drug-likeness (QED) is 0.764. The first kappa shape index (κ1) is 16.3. The van der Waals surface area contributed by atoms with Gasteiger partial charge in [0, 0.05) is 19.0 Å². The van der Waals surface area contributed by atoms with Gasteiger partial charge in [-0.05, 0) is 24.1 Å². The maximum Gasteiger partial charge on any atom is 0.317 e. The molecule has 1 aliphatic rings. The largest absolute Gasteiger partial charge is 0.331 e. The van der Waals surface area contributed by atoms with Gasteiger partial charge in [0.05, 0.1) is 17.4 Å². The first-order chi connectivity index (χ1) is 12.7. The van der Waals surface area contributed by atoms with Crippen LogP contribution in [0.15, 0.2) is 59.4 Å². The van der Waals surface area contributed by atoms with Gasteiger partial charge >= 0.3 is 6.03 Å². The summed E-state index contributed by atoms with van der Waals surface area (Å²) < 4.78 is 0. The summed E-state index contributed by atoms with van der Waals surface area (Å²) in [6.07, 6.45) is 0.961. The van der Waals surface area contributed by atoms with Crippen LogP contribution in [0.25, 0.3) is 10.9 Å². The number of para-hydroxylation sites is 1. The van der Waals surface area contributed by atoms with Crippen LogP contribution in [0.3, 0.4) is 0 Å². The molecule has 1 fully saturated rings. The minimum atomic E-state index is -0.190. The Morgan fingerprint density at radius 2 is 1.92 bits per heavy atom. The third kappa shape index (κ3) is 3.31. The van der Waals surface area contributed by atoms with E-state index < -0.39 is 0 Å². The number of rotatable bonds is 3. The molecule has 3 aromatic rings. The van der Waals surface area contributed by atoms with Gasteiger partial charge in [-0.15, -0.1) is 0 Å². The standard InChI is InChI=1S/C20H20N4O2/c25-19-16-8-4-5-9-17(16)22-18(23-19)12-21-20(26)24-11-10-15(13-24)14-6-2-1-3-7-14/h1-9,15H,10-13H2,(H,21,26)(H,22,23,25). The van der Waals surface area contributed by atoms with Crippen LogP contribution >= 0.6 is 0 Å². The Hall–Kier alpha value is -3.15. The van der Waals surface area contributed by atoms with E-state index in [0.29, 0.717) is 29.2 Å². The second kappa shape index (κ2) is 7.00. The Labute approximate surface area is 150 Å². The fourth-order valence-electron chi connectivity index (χ4n) is 3.43. The molecular formula is C20H20N4O2. The molecule has 26 heavy (non-hydrogen) atoms. The second-order valence-electron chi connectivity index (χ2n) is 6.53. The summed E-state index contributed by atoms with van der Waals surface area (Å²) >= 11 is 0. The van der Waals surface area contributed by atoms with Gasteiger partial charge in [0.25, 0.3) is 5.56 Å². The number of benzene rings is 2. The molecule has 1 unspecified atom stereocenters. The Morgan fingerprint density at radius 3 is 2.77 bits per heavy atom. The fraction of sp³-hybridized carbons (Fsp3) is 0.250. The summed E-state index contributed by atoms with van der Waals surface area (Å²) in [5.74, 6) is 0.835. The van der Waals surface area contributed by atoms with Crippen LogP contribution < -0.4 is 10.9 Å². The molecule has 2 N–H and O–H groups in total. The van der Waals surface area contributed by atoms with Gasteiger partial charge in [0.15, 0.2) is 0 Å². The monoisotopic (exact) mass is 348 g/mol. The number of likely N-dealkylation sites (tertiary alicyclic amines) is 1. The topological polar surface area (TPSA) is 78.1 Å². The minimum absolute atomic E-state index is 0.126. The van der Waals surface area contributed by atoms with Gasteiger partial charge in [-0.3, -0.25) is 4.79 Å². The van der Waals surface area contributed by atoms with Gasteiger partial charge in [0.1, 0.15) is 5.82 Å². The van der Waals surface area contributed by atoms with E-state index in [4.69, 9.17) is 0 Å². The average Bonchev–Trinajstić information content (AvgIpc) is 3.17. The lowest BCUT2D eigenvalue weighted by Gasteiger charge is -2.17. The number of urea groups is 1. The number of fused-ring (bicyclic) bond motifs is 1. The number of amides is 2. The lowest BCUT2D eigenvalue weighted by molar-refractivity contribution is 0.207. The molecule has 132 valence electrons. The Bertz CT molecular complexity index is 984. The van der Waals surface area contributed by atoms with E-state index in [1.807, 2.05) is 29.2 Å². The molecule has 6 nitrogen and oxygen atoms in total. The van der Waals surface area contributed by atoms with Crippen LogP contribution in [0.5, 0.6) is 0 Å². The SMILES string of the molecule is O=C(NCc1nc2ccccc2c(=O)[nH]1)N1CCC(c2ccccc2)C1. The maximum absolute atomic E-state index is 12.4. The third-order valence-corrected chi connectivity index (χ3v) is 4.82. The predicted octanol–water partition coefficient (Wildman–Crippen LogP) is 2.62. The molecule has 1 aliphatic heterocycles. The van der Waals surface area contributed by atoms with Crippen LogP contribution in [-0.2, 0) is 6.54 Å². The zero-order valence-electron chi connectivity index (χ0n) is 14.3. The first-order valence-corrected chi connectivity index (χ1v) is 8.76. The molecule has 1 aromatic heterocycles. The van der Waals surface area contributed by atoms with Crippen molar-refractivity contribution in [2.75, 3.05) is 13.1 Å². The van der Waals surface area contributed by atoms with Crippen LogP contribution in [0.4, 0.5) is 4.79 Å². The summed E-state index contributed by atoms with van der Waals surface area (Å²) in [4.78, 5) is 33.5. The first-order valence-electron chi connectivity index (χ1n) is 8.76. The molecule has 0 saturated carbocycles. The van der Waals surface area contributed by atoms with Crippen molar-refractivity contribution in [3.05, 3.63) is 76.3 Å². The van der Waals surface area contributed by atoms with Crippen LogP contribution in [0.2, 0.25) is 0 Å². The normalized spacial score (nSPS) is 16.8. The fourth-order valence-corrected chi connectivity index (χ4v) is 3.43. The van der Waals surface area contributed by atoms with E-state index in [1.54, 1.807) is 18.2 Å². The van der Waals surface area contributed by atoms with Gasteiger partial charge in [-0.2, -0.15) is 0 Å². The Balaban J connectivity index is 1.39. The lowest BCUT2D eigenvalue weighted by atomic mass is 9.99. The summed E-state index contributed by atoms with van der Waals surface area (Å²) in [6.45, 7) is 1.63. The van der Waals surface area contributed by atoms with E-state index in [9.17, 15) is 9.59 Å². The second-order valence-corrected chi connectivity index (χ2v) is 6.53. The van der Waals surface area contributed by atoms with E-state index in [2.05, 4.69) is 27.4 Å². The van der Waals surface area contributed by atoms with Crippen molar-refractivity contribution in [2.45, 2.75) is 18.9 Å². The highest BCUT2D eigenvalue weighted by Gasteiger charge is 2.27. The average molecular weight is 348 g/mol. The summed E-state index contributed by atoms with van der Waals surface area (Å²) in [5, 5.41) is 3.41. The number of nitrogens with zero attached hydrogens (tertiary/aromatic N) is 2. The molecular weight excluding hydrogens is 328 g/mol. The molecule has 0 bridgehead atoms. The molecule has 6 heteroatoms. The van der Waals surface area contributed by atoms with E-state index in [1.165, 1.54) is 5.56 Å². The number of carbonyl (C=O) groups is 1. The van der Waals surface area contributed by atoms with Crippen molar-refractivity contribution in [3.63, 3.8) is 0 Å². The lowest BCUT2D eigenvalue weighted by Crippen LogP contribution is -2.38. The number of aromatic nitrogens is 2. The predicted molar refractivity (Wildman–Crippen MR) is 100.0 cm³/mol. The van der Waals surface area contributed by atoms with Gasteiger partial charge in [-0.1, -0.05) is 42.5 Å². The maximum atomic E-state index is 12.4. The van der Waals surface area contributed by atoms with Crippen LogP contribution in [0, 0.1) is 0 Å². The van der Waals surface area contributed by atoms with Gasteiger partial charge in [-0.25, -0.2) is 9.78 Å². The van der Waals surface area contributed by atoms with Gasteiger partial charge < -0.3 is 15.2 Å². The van der Waals surface area contributed by atoms with Crippen molar-refractivity contribution in [3.8, 4) is 0 Å². The molecule has 2 heterocycles.